The monoisotopic (exact) mass is 375 g/mol. The van der Waals surface area contributed by atoms with E-state index in [4.69, 9.17) is 4.74 Å². The highest BCUT2D eigenvalue weighted by atomic mass is 32.2. The molecule has 3 aliphatic rings. The third kappa shape index (κ3) is 2.42. The van der Waals surface area contributed by atoms with Gasteiger partial charge in [0.05, 0.1) is 18.1 Å². The summed E-state index contributed by atoms with van der Waals surface area (Å²) in [5.74, 6) is 0.110. The summed E-state index contributed by atoms with van der Waals surface area (Å²) in [6.45, 7) is 4.69. The summed E-state index contributed by atoms with van der Waals surface area (Å²) in [5.41, 5.74) is 0.672. The highest BCUT2D eigenvalue weighted by molar-refractivity contribution is 7.90. The summed E-state index contributed by atoms with van der Waals surface area (Å²) in [6, 6.07) is 9.42. The topological polar surface area (TPSA) is 63.7 Å². The van der Waals surface area contributed by atoms with Crippen molar-refractivity contribution in [3.8, 4) is 0 Å². The molecule has 1 aromatic carbocycles. The van der Waals surface area contributed by atoms with Crippen LogP contribution in [0.15, 0.2) is 42.7 Å². The van der Waals surface area contributed by atoms with Crippen molar-refractivity contribution < 1.29 is 17.9 Å². The Hall–Kier alpha value is -1.82. The van der Waals surface area contributed by atoms with E-state index in [0.717, 1.165) is 29.1 Å². The van der Waals surface area contributed by atoms with E-state index in [0.29, 0.717) is 12.5 Å². The van der Waals surface area contributed by atoms with Crippen molar-refractivity contribution in [2.45, 2.75) is 45.8 Å². The van der Waals surface area contributed by atoms with Gasteiger partial charge in [0.1, 0.15) is 6.61 Å². The van der Waals surface area contributed by atoms with Crippen molar-refractivity contribution in [3.05, 3.63) is 48.2 Å². The predicted octanol–water partition coefficient (Wildman–Crippen LogP) is 3.08. The van der Waals surface area contributed by atoms with Crippen molar-refractivity contribution in [3.63, 3.8) is 0 Å². The fraction of sp³-hybridized carbons (Fsp3) is 0.550. The molecule has 3 unspecified atom stereocenters. The van der Waals surface area contributed by atoms with Gasteiger partial charge >= 0.3 is 0 Å². The molecule has 1 aliphatic heterocycles. The average Bonchev–Trinajstić information content (AvgIpc) is 3.07. The van der Waals surface area contributed by atoms with Crippen LogP contribution in [0.3, 0.4) is 0 Å². The molecule has 1 saturated heterocycles. The Balaban J connectivity index is 1.49. The SMILES string of the molecule is CC1(C)C2CCC13CS(=O)(=O)N(C(=O)C=COCc1ccccc1)C3C2. The first-order valence-corrected chi connectivity index (χ1v) is 10.8. The molecule has 2 saturated carbocycles. The van der Waals surface area contributed by atoms with E-state index in [1.807, 2.05) is 30.3 Å². The van der Waals surface area contributed by atoms with Crippen LogP contribution in [0.2, 0.25) is 0 Å². The molecule has 3 atom stereocenters. The van der Waals surface area contributed by atoms with Crippen LogP contribution in [0.4, 0.5) is 0 Å². The molecule has 6 heteroatoms. The van der Waals surface area contributed by atoms with Gasteiger partial charge in [-0.05, 0) is 36.2 Å². The number of benzene rings is 1. The van der Waals surface area contributed by atoms with E-state index >= 15 is 0 Å². The quantitative estimate of drug-likeness (QED) is 0.599. The minimum absolute atomic E-state index is 0.0344. The lowest BCUT2D eigenvalue weighted by Gasteiger charge is -2.36. The third-order valence-electron chi connectivity index (χ3n) is 7.03. The largest absolute Gasteiger partial charge is 0.496 e. The number of hydrogen-bond donors (Lipinski definition) is 0. The molecule has 26 heavy (non-hydrogen) atoms. The van der Waals surface area contributed by atoms with Gasteiger partial charge in [-0.15, -0.1) is 0 Å². The molecular formula is C20H25NO4S. The van der Waals surface area contributed by atoms with Crippen molar-refractivity contribution in [1.29, 1.82) is 0 Å². The second kappa shape index (κ2) is 5.84. The summed E-state index contributed by atoms with van der Waals surface area (Å²) in [6.07, 6.45) is 5.31. The average molecular weight is 375 g/mol. The molecule has 1 amide bonds. The first kappa shape index (κ1) is 17.6. The van der Waals surface area contributed by atoms with Crippen LogP contribution in [0.1, 0.15) is 38.7 Å². The van der Waals surface area contributed by atoms with Crippen LogP contribution in [-0.4, -0.2) is 30.4 Å². The highest BCUT2D eigenvalue weighted by Crippen LogP contribution is 2.69. The van der Waals surface area contributed by atoms with Crippen molar-refractivity contribution >= 4 is 15.9 Å². The van der Waals surface area contributed by atoms with E-state index in [1.165, 1.54) is 12.3 Å². The van der Waals surface area contributed by atoms with E-state index in [9.17, 15) is 13.2 Å². The van der Waals surface area contributed by atoms with E-state index < -0.39 is 15.9 Å². The molecule has 2 bridgehead atoms. The highest BCUT2D eigenvalue weighted by Gasteiger charge is 2.72. The standard InChI is InChI=1S/C20H25NO4S/c1-19(2)16-8-10-20(19)14-26(23,24)21(17(20)12-16)18(22)9-11-25-13-15-6-4-3-5-7-15/h3-7,9,11,16-17H,8,10,12-14H2,1-2H3. The smallest absolute Gasteiger partial charge is 0.263 e. The van der Waals surface area contributed by atoms with Crippen LogP contribution in [0.25, 0.3) is 0 Å². The first-order chi connectivity index (χ1) is 12.3. The molecule has 1 aromatic rings. The van der Waals surface area contributed by atoms with Gasteiger partial charge in [0.2, 0.25) is 10.0 Å². The van der Waals surface area contributed by atoms with Crippen LogP contribution in [0, 0.1) is 16.7 Å². The Labute approximate surface area is 155 Å². The number of amides is 1. The van der Waals surface area contributed by atoms with Gasteiger partial charge in [0.25, 0.3) is 5.91 Å². The van der Waals surface area contributed by atoms with Gasteiger partial charge in [0.15, 0.2) is 0 Å². The number of hydrogen-bond acceptors (Lipinski definition) is 4. The molecule has 2 aliphatic carbocycles. The molecule has 5 nitrogen and oxygen atoms in total. The number of carbonyl (C=O) groups excluding carboxylic acids is 1. The zero-order valence-corrected chi connectivity index (χ0v) is 16.0. The van der Waals surface area contributed by atoms with Crippen molar-refractivity contribution in [2.24, 2.45) is 16.7 Å². The van der Waals surface area contributed by atoms with Crippen molar-refractivity contribution in [2.75, 3.05) is 5.75 Å². The maximum atomic E-state index is 12.8. The van der Waals surface area contributed by atoms with Gasteiger partial charge in [-0.1, -0.05) is 44.2 Å². The fourth-order valence-corrected chi connectivity index (χ4v) is 7.99. The van der Waals surface area contributed by atoms with Crippen LogP contribution >= 0.6 is 0 Å². The lowest BCUT2D eigenvalue weighted by atomic mass is 9.69. The lowest BCUT2D eigenvalue weighted by Crippen LogP contribution is -2.43. The van der Waals surface area contributed by atoms with Crippen LogP contribution in [-0.2, 0) is 26.2 Å². The lowest BCUT2D eigenvalue weighted by molar-refractivity contribution is -0.124. The molecular weight excluding hydrogens is 350 g/mol. The summed E-state index contributed by atoms with van der Waals surface area (Å²) in [4.78, 5) is 12.7. The molecule has 0 N–H and O–H groups in total. The number of ether oxygens (including phenoxy) is 1. The Morgan fingerprint density at radius 1 is 1.31 bits per heavy atom. The Morgan fingerprint density at radius 3 is 2.73 bits per heavy atom. The maximum Gasteiger partial charge on any atom is 0.263 e. The minimum atomic E-state index is -3.57. The second-order valence-electron chi connectivity index (χ2n) is 8.35. The number of rotatable bonds is 4. The summed E-state index contributed by atoms with van der Waals surface area (Å²) >= 11 is 0. The molecule has 3 fully saturated rings. The number of nitrogens with zero attached hydrogens (tertiary/aromatic N) is 1. The van der Waals surface area contributed by atoms with Gasteiger partial charge in [-0.25, -0.2) is 12.7 Å². The van der Waals surface area contributed by atoms with Gasteiger partial charge in [-0.3, -0.25) is 4.79 Å². The fourth-order valence-electron chi connectivity index (χ4n) is 5.48. The van der Waals surface area contributed by atoms with E-state index in [-0.39, 0.29) is 22.6 Å². The Bertz CT molecular complexity index is 846. The first-order valence-electron chi connectivity index (χ1n) is 9.16. The summed E-state index contributed by atoms with van der Waals surface area (Å²) in [7, 11) is -3.57. The Morgan fingerprint density at radius 2 is 2.04 bits per heavy atom. The maximum absolute atomic E-state index is 12.8. The normalized spacial score (nSPS) is 33.5. The van der Waals surface area contributed by atoms with Gasteiger partial charge < -0.3 is 4.74 Å². The summed E-state index contributed by atoms with van der Waals surface area (Å²) < 4.78 is 32.1. The predicted molar refractivity (Wildman–Crippen MR) is 98.3 cm³/mol. The number of fused-ring (bicyclic) bond motifs is 1. The zero-order valence-electron chi connectivity index (χ0n) is 15.2. The van der Waals surface area contributed by atoms with Crippen molar-refractivity contribution in [1.82, 2.24) is 4.31 Å². The second-order valence-corrected chi connectivity index (χ2v) is 10.2. The molecule has 1 spiro atoms. The molecule has 4 rings (SSSR count). The third-order valence-corrected chi connectivity index (χ3v) is 8.94. The minimum Gasteiger partial charge on any atom is -0.496 e. The number of sulfonamides is 1. The zero-order chi connectivity index (χ0) is 18.6. The molecule has 140 valence electrons. The van der Waals surface area contributed by atoms with Crippen LogP contribution < -0.4 is 0 Å². The van der Waals surface area contributed by atoms with E-state index in [2.05, 4.69) is 13.8 Å². The van der Waals surface area contributed by atoms with Crippen LogP contribution in [0.5, 0.6) is 0 Å². The Kier molecular flexibility index (Phi) is 3.95. The summed E-state index contributed by atoms with van der Waals surface area (Å²) in [5, 5.41) is 0. The van der Waals surface area contributed by atoms with Gasteiger partial charge in [-0.2, -0.15) is 0 Å². The molecule has 1 heterocycles. The van der Waals surface area contributed by atoms with E-state index in [1.54, 1.807) is 0 Å². The van der Waals surface area contributed by atoms with Gasteiger partial charge in [0, 0.05) is 11.5 Å². The molecule has 0 aromatic heterocycles. The number of carbonyl (C=O) groups is 1. The molecule has 0 radical (unpaired) electrons.